The van der Waals surface area contributed by atoms with Gasteiger partial charge in [0, 0.05) is 30.8 Å². The second-order valence-corrected chi connectivity index (χ2v) is 5.55. The average Bonchev–Trinajstić information content (AvgIpc) is 2.97. The molecule has 0 amide bonds. The van der Waals surface area contributed by atoms with Gasteiger partial charge in [0.2, 0.25) is 0 Å². The molecule has 0 radical (unpaired) electrons. The lowest BCUT2D eigenvalue weighted by Crippen LogP contribution is -2.49. The third-order valence-electron chi connectivity index (χ3n) is 3.77. The lowest BCUT2D eigenvalue weighted by molar-refractivity contribution is -0.0423. The Morgan fingerprint density at radius 1 is 1.38 bits per heavy atom. The van der Waals surface area contributed by atoms with Crippen molar-refractivity contribution in [2.75, 3.05) is 19.7 Å². The van der Waals surface area contributed by atoms with Crippen LogP contribution in [0.3, 0.4) is 0 Å². The molecule has 112 valence electrons. The van der Waals surface area contributed by atoms with Crippen molar-refractivity contribution in [3.8, 4) is 11.3 Å². The van der Waals surface area contributed by atoms with E-state index >= 15 is 0 Å². The van der Waals surface area contributed by atoms with Gasteiger partial charge in [-0.25, -0.2) is 0 Å². The van der Waals surface area contributed by atoms with E-state index in [4.69, 9.17) is 15.0 Å². The molecule has 1 fully saturated rings. The number of benzene rings is 1. The van der Waals surface area contributed by atoms with E-state index < -0.39 is 0 Å². The van der Waals surface area contributed by atoms with E-state index in [2.05, 4.69) is 10.1 Å². The molecule has 0 aliphatic carbocycles. The molecule has 2 atom stereocenters. The predicted molar refractivity (Wildman–Crippen MR) is 80.6 cm³/mol. The molecule has 1 aromatic heterocycles. The third kappa shape index (κ3) is 3.50. The quantitative estimate of drug-likeness (QED) is 0.930. The van der Waals surface area contributed by atoms with Gasteiger partial charge >= 0.3 is 0 Å². The number of nitrogens with zero attached hydrogens (tertiary/aromatic N) is 2. The van der Waals surface area contributed by atoms with Gasteiger partial charge in [-0.3, -0.25) is 4.90 Å². The summed E-state index contributed by atoms with van der Waals surface area (Å²) in [6.45, 7) is 5.16. The maximum absolute atomic E-state index is 5.92. The summed E-state index contributed by atoms with van der Waals surface area (Å²) in [6.07, 6.45) is 0.0928. The molecule has 5 nitrogen and oxygen atoms in total. The molecule has 1 aliphatic heterocycles. The summed E-state index contributed by atoms with van der Waals surface area (Å²) in [6, 6.07) is 12.1. The van der Waals surface area contributed by atoms with Gasteiger partial charge in [0.1, 0.15) is 5.69 Å². The van der Waals surface area contributed by atoms with E-state index in [1.165, 1.54) is 0 Å². The van der Waals surface area contributed by atoms with Crippen LogP contribution in [-0.4, -0.2) is 41.9 Å². The highest BCUT2D eigenvalue weighted by atomic mass is 16.5. The van der Waals surface area contributed by atoms with Crippen LogP contribution in [0.25, 0.3) is 11.3 Å². The fourth-order valence-electron chi connectivity index (χ4n) is 2.55. The molecular formula is C16H21N3O2. The van der Waals surface area contributed by atoms with Gasteiger partial charge in [0.15, 0.2) is 5.76 Å². The SMILES string of the molecule is CC(N)C1CN(Cc2cc(-c3ccccc3)no2)CCO1. The number of hydrogen-bond acceptors (Lipinski definition) is 5. The van der Waals surface area contributed by atoms with Crippen LogP contribution in [0.4, 0.5) is 0 Å². The number of ether oxygens (including phenoxy) is 1. The van der Waals surface area contributed by atoms with Crippen molar-refractivity contribution in [1.82, 2.24) is 10.1 Å². The van der Waals surface area contributed by atoms with E-state index in [9.17, 15) is 0 Å². The summed E-state index contributed by atoms with van der Waals surface area (Å²) in [5, 5.41) is 4.15. The number of nitrogens with two attached hydrogens (primary N) is 1. The van der Waals surface area contributed by atoms with Crippen LogP contribution in [0.1, 0.15) is 12.7 Å². The molecule has 0 spiro atoms. The zero-order valence-corrected chi connectivity index (χ0v) is 12.2. The number of rotatable bonds is 4. The molecule has 2 aromatic rings. The monoisotopic (exact) mass is 287 g/mol. The topological polar surface area (TPSA) is 64.5 Å². The second-order valence-electron chi connectivity index (χ2n) is 5.55. The van der Waals surface area contributed by atoms with Crippen molar-refractivity contribution in [2.45, 2.75) is 25.6 Å². The highest BCUT2D eigenvalue weighted by Gasteiger charge is 2.24. The number of morpholine rings is 1. The third-order valence-corrected chi connectivity index (χ3v) is 3.77. The molecule has 2 unspecified atom stereocenters. The van der Waals surface area contributed by atoms with Crippen LogP contribution in [0.2, 0.25) is 0 Å². The van der Waals surface area contributed by atoms with E-state index in [1.54, 1.807) is 0 Å². The summed E-state index contributed by atoms with van der Waals surface area (Å²) in [7, 11) is 0. The van der Waals surface area contributed by atoms with Gasteiger partial charge in [-0.15, -0.1) is 0 Å². The van der Waals surface area contributed by atoms with Crippen LogP contribution in [0.15, 0.2) is 40.9 Å². The minimum atomic E-state index is 0.0439. The Balaban J connectivity index is 1.65. The smallest absolute Gasteiger partial charge is 0.151 e. The molecule has 1 aromatic carbocycles. The minimum Gasteiger partial charge on any atom is -0.374 e. The zero-order chi connectivity index (χ0) is 14.7. The number of hydrogen-bond donors (Lipinski definition) is 1. The van der Waals surface area contributed by atoms with Gasteiger partial charge in [-0.05, 0) is 6.92 Å². The summed E-state index contributed by atoms with van der Waals surface area (Å²) in [5.41, 5.74) is 7.86. The molecule has 5 heteroatoms. The Bertz CT molecular complexity index is 568. The van der Waals surface area contributed by atoms with Crippen molar-refractivity contribution in [1.29, 1.82) is 0 Å². The van der Waals surface area contributed by atoms with Gasteiger partial charge in [-0.2, -0.15) is 0 Å². The molecular weight excluding hydrogens is 266 g/mol. The fraction of sp³-hybridized carbons (Fsp3) is 0.438. The summed E-state index contributed by atoms with van der Waals surface area (Å²) < 4.78 is 11.1. The van der Waals surface area contributed by atoms with Crippen molar-refractivity contribution in [3.63, 3.8) is 0 Å². The fourth-order valence-corrected chi connectivity index (χ4v) is 2.55. The van der Waals surface area contributed by atoms with Gasteiger partial charge < -0.3 is 15.0 Å². The first-order valence-corrected chi connectivity index (χ1v) is 7.33. The normalized spacial score (nSPS) is 21.3. The van der Waals surface area contributed by atoms with Crippen LogP contribution >= 0.6 is 0 Å². The van der Waals surface area contributed by atoms with Crippen molar-refractivity contribution in [3.05, 3.63) is 42.2 Å². The Labute approximate surface area is 124 Å². The van der Waals surface area contributed by atoms with Crippen LogP contribution in [0.5, 0.6) is 0 Å². The summed E-state index contributed by atoms with van der Waals surface area (Å²) in [4.78, 5) is 2.30. The standard InChI is InChI=1S/C16H21N3O2/c1-12(17)16-11-19(7-8-20-16)10-14-9-15(18-21-14)13-5-3-2-4-6-13/h2-6,9,12,16H,7-8,10-11,17H2,1H3. The van der Waals surface area contributed by atoms with E-state index in [1.807, 2.05) is 43.3 Å². The van der Waals surface area contributed by atoms with Crippen molar-refractivity contribution in [2.24, 2.45) is 5.73 Å². The predicted octanol–water partition coefficient (Wildman–Crippen LogP) is 1.89. The first kappa shape index (κ1) is 14.3. The van der Waals surface area contributed by atoms with Crippen LogP contribution < -0.4 is 5.73 Å². The zero-order valence-electron chi connectivity index (χ0n) is 12.2. The van der Waals surface area contributed by atoms with Crippen LogP contribution in [0, 0.1) is 0 Å². The van der Waals surface area contributed by atoms with Gasteiger partial charge in [0.05, 0.1) is 19.3 Å². The van der Waals surface area contributed by atoms with E-state index in [0.717, 1.165) is 36.7 Å². The Morgan fingerprint density at radius 2 is 2.19 bits per heavy atom. The lowest BCUT2D eigenvalue weighted by atomic mass is 10.1. The van der Waals surface area contributed by atoms with Crippen molar-refractivity contribution >= 4 is 0 Å². The Hall–Kier alpha value is -1.69. The summed E-state index contributed by atoms with van der Waals surface area (Å²) in [5.74, 6) is 0.874. The van der Waals surface area contributed by atoms with E-state index in [-0.39, 0.29) is 12.1 Å². The van der Waals surface area contributed by atoms with Gasteiger partial charge in [0.25, 0.3) is 0 Å². The van der Waals surface area contributed by atoms with E-state index in [0.29, 0.717) is 6.61 Å². The molecule has 21 heavy (non-hydrogen) atoms. The lowest BCUT2D eigenvalue weighted by Gasteiger charge is -2.34. The molecule has 3 rings (SSSR count). The van der Waals surface area contributed by atoms with Crippen LogP contribution in [-0.2, 0) is 11.3 Å². The first-order chi connectivity index (χ1) is 10.2. The van der Waals surface area contributed by atoms with Crippen molar-refractivity contribution < 1.29 is 9.26 Å². The molecule has 1 saturated heterocycles. The minimum absolute atomic E-state index is 0.0439. The second kappa shape index (κ2) is 6.39. The Kier molecular flexibility index (Phi) is 4.34. The maximum atomic E-state index is 5.92. The molecule has 2 N–H and O–H groups in total. The maximum Gasteiger partial charge on any atom is 0.151 e. The highest BCUT2D eigenvalue weighted by Crippen LogP contribution is 2.20. The molecule has 0 bridgehead atoms. The number of aromatic nitrogens is 1. The van der Waals surface area contributed by atoms with Gasteiger partial charge in [-0.1, -0.05) is 35.5 Å². The average molecular weight is 287 g/mol. The highest BCUT2D eigenvalue weighted by molar-refractivity contribution is 5.58. The molecule has 1 aliphatic rings. The molecule has 0 saturated carbocycles. The molecule has 2 heterocycles. The largest absolute Gasteiger partial charge is 0.374 e. The Morgan fingerprint density at radius 3 is 2.95 bits per heavy atom. The summed E-state index contributed by atoms with van der Waals surface area (Å²) >= 11 is 0. The first-order valence-electron chi connectivity index (χ1n) is 7.33.